The van der Waals surface area contributed by atoms with Crippen LogP contribution in [0.3, 0.4) is 0 Å². The van der Waals surface area contributed by atoms with E-state index < -0.39 is 6.09 Å². The maximum atomic E-state index is 11.1. The number of nitrogens with zero attached hydrogens (tertiary/aromatic N) is 2. The summed E-state index contributed by atoms with van der Waals surface area (Å²) < 4.78 is 0. The molecule has 4 nitrogen and oxygen atoms in total. The van der Waals surface area contributed by atoms with Crippen LogP contribution in [0.25, 0.3) is 0 Å². The smallest absolute Gasteiger partial charge is 0.407 e. The third-order valence-electron chi connectivity index (χ3n) is 4.29. The molecule has 0 aliphatic carbocycles. The van der Waals surface area contributed by atoms with Gasteiger partial charge in [-0.1, -0.05) is 18.2 Å². The molecular weight excluding hydrogens is 228 g/mol. The predicted octanol–water partition coefficient (Wildman–Crippen LogP) is 2.22. The second-order valence-electron chi connectivity index (χ2n) is 5.32. The second-order valence-corrected chi connectivity index (χ2v) is 5.32. The van der Waals surface area contributed by atoms with Gasteiger partial charge in [-0.05, 0) is 24.0 Å². The lowest BCUT2D eigenvalue weighted by Gasteiger charge is -2.21. The summed E-state index contributed by atoms with van der Waals surface area (Å²) in [7, 11) is 2.12. The average molecular weight is 246 g/mol. The Morgan fingerprint density at radius 2 is 2.11 bits per heavy atom. The van der Waals surface area contributed by atoms with Crippen molar-refractivity contribution in [3.63, 3.8) is 0 Å². The maximum absolute atomic E-state index is 11.1. The average Bonchev–Trinajstić information content (AvgIpc) is 2.75. The highest BCUT2D eigenvalue weighted by atomic mass is 16.4. The Hall–Kier alpha value is -1.71. The summed E-state index contributed by atoms with van der Waals surface area (Å²) in [6, 6.07) is 8.40. The van der Waals surface area contributed by atoms with Crippen LogP contribution in [0.1, 0.15) is 17.9 Å². The van der Waals surface area contributed by atoms with Gasteiger partial charge in [-0.2, -0.15) is 0 Å². The highest BCUT2D eigenvalue weighted by Crippen LogP contribution is 2.41. The minimum Gasteiger partial charge on any atom is -0.465 e. The van der Waals surface area contributed by atoms with Crippen LogP contribution in [0.15, 0.2) is 24.3 Å². The van der Waals surface area contributed by atoms with Crippen LogP contribution >= 0.6 is 0 Å². The first-order valence-corrected chi connectivity index (χ1v) is 6.44. The van der Waals surface area contributed by atoms with E-state index in [1.807, 2.05) is 0 Å². The van der Waals surface area contributed by atoms with Crippen molar-refractivity contribution in [3.8, 4) is 0 Å². The SMILES string of the molecule is CN1CCC2CN(C(=O)O)CC2c2ccccc21. The van der Waals surface area contributed by atoms with Gasteiger partial charge in [0.15, 0.2) is 0 Å². The fraction of sp³-hybridized carbons (Fsp3) is 0.500. The number of fused-ring (bicyclic) bond motifs is 3. The first kappa shape index (κ1) is 11.4. The topological polar surface area (TPSA) is 43.8 Å². The van der Waals surface area contributed by atoms with Gasteiger partial charge in [0.2, 0.25) is 0 Å². The summed E-state index contributed by atoms with van der Waals surface area (Å²) in [4.78, 5) is 15.0. The standard InChI is InChI=1S/C14H18N2O2/c1-15-7-6-10-8-16(14(17)18)9-12(10)11-4-2-3-5-13(11)15/h2-5,10,12H,6-9H2,1H3,(H,17,18). The molecule has 18 heavy (non-hydrogen) atoms. The molecule has 0 bridgehead atoms. The normalized spacial score (nSPS) is 26.5. The molecule has 0 spiro atoms. The Bertz CT molecular complexity index is 475. The van der Waals surface area contributed by atoms with Crippen molar-refractivity contribution >= 4 is 11.8 Å². The Morgan fingerprint density at radius 1 is 1.33 bits per heavy atom. The van der Waals surface area contributed by atoms with Gasteiger partial charge in [0.25, 0.3) is 0 Å². The zero-order valence-corrected chi connectivity index (χ0v) is 10.5. The molecule has 2 atom stereocenters. The Kier molecular flexibility index (Phi) is 2.65. The van der Waals surface area contributed by atoms with Crippen LogP contribution in [0.2, 0.25) is 0 Å². The molecule has 0 radical (unpaired) electrons. The first-order valence-electron chi connectivity index (χ1n) is 6.44. The number of anilines is 1. The molecule has 3 rings (SSSR count). The molecule has 1 saturated heterocycles. The van der Waals surface area contributed by atoms with Crippen molar-refractivity contribution in [3.05, 3.63) is 29.8 Å². The molecule has 2 aliphatic heterocycles. The molecule has 1 fully saturated rings. The van der Waals surface area contributed by atoms with E-state index >= 15 is 0 Å². The fourth-order valence-electron chi connectivity index (χ4n) is 3.30. The molecule has 0 saturated carbocycles. The fourth-order valence-corrected chi connectivity index (χ4v) is 3.30. The van der Waals surface area contributed by atoms with E-state index in [0.29, 0.717) is 24.9 Å². The van der Waals surface area contributed by atoms with E-state index in [4.69, 9.17) is 5.11 Å². The summed E-state index contributed by atoms with van der Waals surface area (Å²) >= 11 is 0. The lowest BCUT2D eigenvalue weighted by atomic mass is 9.87. The van der Waals surface area contributed by atoms with Crippen LogP contribution in [-0.2, 0) is 0 Å². The van der Waals surface area contributed by atoms with Crippen LogP contribution in [0.5, 0.6) is 0 Å². The van der Waals surface area contributed by atoms with E-state index in [0.717, 1.165) is 13.0 Å². The third kappa shape index (κ3) is 1.72. The monoisotopic (exact) mass is 246 g/mol. The summed E-state index contributed by atoms with van der Waals surface area (Å²) in [5, 5.41) is 9.15. The van der Waals surface area contributed by atoms with E-state index in [2.05, 4.69) is 36.2 Å². The molecule has 4 heteroatoms. The number of carboxylic acid groups (broad SMARTS) is 1. The number of likely N-dealkylation sites (tertiary alicyclic amines) is 1. The van der Waals surface area contributed by atoms with Crippen molar-refractivity contribution in [1.29, 1.82) is 0 Å². The molecule has 1 aromatic rings. The lowest BCUT2D eigenvalue weighted by Crippen LogP contribution is -2.28. The number of rotatable bonds is 0. The molecule has 1 aromatic carbocycles. The Morgan fingerprint density at radius 3 is 2.89 bits per heavy atom. The van der Waals surface area contributed by atoms with E-state index in [1.165, 1.54) is 11.3 Å². The second kappa shape index (κ2) is 4.19. The Balaban J connectivity index is 1.98. The number of hydrogen-bond acceptors (Lipinski definition) is 2. The number of carbonyl (C=O) groups is 1. The van der Waals surface area contributed by atoms with Crippen LogP contribution < -0.4 is 4.90 Å². The number of hydrogen-bond donors (Lipinski definition) is 1. The maximum Gasteiger partial charge on any atom is 0.407 e. The highest BCUT2D eigenvalue weighted by Gasteiger charge is 2.38. The number of benzene rings is 1. The molecule has 0 aromatic heterocycles. The third-order valence-corrected chi connectivity index (χ3v) is 4.29. The van der Waals surface area contributed by atoms with Crippen molar-refractivity contribution in [2.75, 3.05) is 31.6 Å². The molecule has 1 N–H and O–H groups in total. The van der Waals surface area contributed by atoms with Gasteiger partial charge >= 0.3 is 6.09 Å². The van der Waals surface area contributed by atoms with E-state index in [9.17, 15) is 4.79 Å². The van der Waals surface area contributed by atoms with E-state index in [1.54, 1.807) is 4.90 Å². The summed E-state index contributed by atoms with van der Waals surface area (Å²) in [5.41, 5.74) is 2.57. The molecule has 1 amide bonds. The zero-order valence-electron chi connectivity index (χ0n) is 10.5. The van der Waals surface area contributed by atoms with Crippen LogP contribution in [0.4, 0.5) is 10.5 Å². The summed E-state index contributed by atoms with van der Waals surface area (Å²) in [6.07, 6.45) is 0.286. The van der Waals surface area contributed by atoms with Crippen molar-refractivity contribution < 1.29 is 9.90 Å². The van der Waals surface area contributed by atoms with E-state index in [-0.39, 0.29) is 0 Å². The predicted molar refractivity (Wildman–Crippen MR) is 70.2 cm³/mol. The van der Waals surface area contributed by atoms with Gasteiger partial charge in [-0.3, -0.25) is 0 Å². The minimum atomic E-state index is -0.783. The molecule has 2 heterocycles. The molecule has 2 unspecified atom stereocenters. The number of para-hydroxylation sites is 1. The van der Waals surface area contributed by atoms with Gasteiger partial charge < -0.3 is 14.9 Å². The summed E-state index contributed by atoms with van der Waals surface area (Å²) in [6.45, 7) is 2.33. The molecular formula is C14H18N2O2. The zero-order chi connectivity index (χ0) is 12.7. The van der Waals surface area contributed by atoms with Crippen LogP contribution in [-0.4, -0.2) is 42.8 Å². The Labute approximate surface area is 107 Å². The van der Waals surface area contributed by atoms with Gasteiger partial charge in [0.05, 0.1) is 0 Å². The van der Waals surface area contributed by atoms with Crippen molar-refractivity contribution in [2.45, 2.75) is 12.3 Å². The highest BCUT2D eigenvalue weighted by molar-refractivity contribution is 5.66. The van der Waals surface area contributed by atoms with Crippen LogP contribution in [0, 0.1) is 5.92 Å². The van der Waals surface area contributed by atoms with Gasteiger partial charge in [-0.15, -0.1) is 0 Å². The van der Waals surface area contributed by atoms with Crippen molar-refractivity contribution in [2.24, 2.45) is 5.92 Å². The molecule has 96 valence electrons. The number of amides is 1. The van der Waals surface area contributed by atoms with Gasteiger partial charge in [0.1, 0.15) is 0 Å². The summed E-state index contributed by atoms with van der Waals surface area (Å²) in [5.74, 6) is 0.828. The molecule has 2 aliphatic rings. The lowest BCUT2D eigenvalue weighted by molar-refractivity contribution is 0.153. The largest absolute Gasteiger partial charge is 0.465 e. The first-order chi connectivity index (χ1) is 8.66. The van der Waals surface area contributed by atoms with Gasteiger partial charge in [0, 0.05) is 38.3 Å². The minimum absolute atomic E-state index is 0.363. The van der Waals surface area contributed by atoms with Gasteiger partial charge in [-0.25, -0.2) is 4.79 Å². The van der Waals surface area contributed by atoms with Crippen molar-refractivity contribution in [1.82, 2.24) is 4.90 Å². The quantitative estimate of drug-likeness (QED) is 0.763.